The fraction of sp³-hybridized carbons (Fsp3) is 0.769. The molecule has 0 saturated heterocycles. The largest absolute Gasteiger partial charge is 0.466 e. The zero-order valence-electron chi connectivity index (χ0n) is 22.9. The van der Waals surface area contributed by atoms with Crippen LogP contribution in [0, 0.1) is 58.2 Å². The first-order valence-corrected chi connectivity index (χ1v) is 12.1. The van der Waals surface area contributed by atoms with E-state index in [2.05, 4.69) is 39.8 Å². The summed E-state index contributed by atoms with van der Waals surface area (Å²) in [5, 5.41) is 18.1. The van der Waals surface area contributed by atoms with Crippen LogP contribution in [0.15, 0.2) is 0 Å². The van der Waals surface area contributed by atoms with Crippen LogP contribution >= 0.6 is 0 Å². The normalized spacial score (nSPS) is 12.4. The number of nitriles is 2. The van der Waals surface area contributed by atoms with Gasteiger partial charge in [-0.15, -0.1) is 0 Å². The van der Waals surface area contributed by atoms with E-state index in [1.165, 1.54) is 0 Å². The van der Waals surface area contributed by atoms with Gasteiger partial charge in [-0.3, -0.25) is 9.59 Å². The third kappa shape index (κ3) is 22.5. The van der Waals surface area contributed by atoms with Gasteiger partial charge in [0.25, 0.3) is 0 Å². The van der Waals surface area contributed by atoms with Crippen molar-refractivity contribution >= 4 is 24.2 Å². The Morgan fingerprint density at radius 3 is 1.03 bits per heavy atom. The molecule has 0 heterocycles. The second-order valence-corrected chi connectivity index (χ2v) is 8.43. The standard InChI is InChI=1S/2C12H21NO2.2CO2/c2*1-5-11(12(14)15-6-2)10(8-13)7-9(3)4;2*2-1-3/h2*9-11H,5-7H2,1-4H3;;/t10-,11?;;;/m0.../s1. The van der Waals surface area contributed by atoms with Crippen molar-refractivity contribution < 1.29 is 38.2 Å². The van der Waals surface area contributed by atoms with Crippen LogP contribution in [0.3, 0.4) is 0 Å². The fourth-order valence-corrected chi connectivity index (χ4v) is 3.36. The van der Waals surface area contributed by atoms with Crippen molar-refractivity contribution in [2.24, 2.45) is 35.5 Å². The maximum absolute atomic E-state index is 11.6. The SMILES string of the molecule is CCOC(=O)C(CC)C(C#N)CC(C)C.CCOC(=O)C(CC)[C@H](C#N)CC(C)C.O=C=O.O=C=O. The van der Waals surface area contributed by atoms with Crippen LogP contribution < -0.4 is 0 Å². The number of hydrogen-bond donors (Lipinski definition) is 0. The molecule has 10 heteroatoms. The quantitative estimate of drug-likeness (QED) is 0.344. The van der Waals surface area contributed by atoms with Gasteiger partial charge in [0.15, 0.2) is 0 Å². The molecule has 10 nitrogen and oxygen atoms in total. The molecule has 0 aliphatic rings. The molecule has 0 aliphatic carbocycles. The number of nitrogens with zero attached hydrogens (tertiary/aromatic N) is 2. The second-order valence-electron chi connectivity index (χ2n) is 8.43. The summed E-state index contributed by atoms with van der Waals surface area (Å²) in [6, 6.07) is 4.45. The number of ether oxygens (including phenoxy) is 2. The molecule has 36 heavy (non-hydrogen) atoms. The van der Waals surface area contributed by atoms with Crippen LogP contribution in [0.4, 0.5) is 0 Å². The topological polar surface area (TPSA) is 168 Å². The predicted molar refractivity (Wildman–Crippen MR) is 128 cm³/mol. The van der Waals surface area contributed by atoms with Crippen LogP contribution in [-0.4, -0.2) is 37.5 Å². The van der Waals surface area contributed by atoms with Gasteiger partial charge in [0, 0.05) is 0 Å². The highest BCUT2D eigenvalue weighted by atomic mass is 16.5. The van der Waals surface area contributed by atoms with E-state index < -0.39 is 0 Å². The molecular formula is C26H42N2O8. The van der Waals surface area contributed by atoms with E-state index in [-0.39, 0.29) is 47.9 Å². The molecule has 0 radical (unpaired) electrons. The molecule has 0 amide bonds. The molecule has 0 aliphatic heterocycles. The predicted octanol–water partition coefficient (Wildman–Crippen LogP) is 4.36. The van der Waals surface area contributed by atoms with Gasteiger partial charge < -0.3 is 9.47 Å². The molecule has 0 aromatic rings. The highest BCUT2D eigenvalue weighted by Gasteiger charge is 2.29. The summed E-state index contributed by atoms with van der Waals surface area (Å²) in [4.78, 5) is 55.7. The lowest BCUT2D eigenvalue weighted by atomic mass is 9.85. The van der Waals surface area contributed by atoms with E-state index in [0.717, 1.165) is 12.8 Å². The Morgan fingerprint density at radius 2 is 0.889 bits per heavy atom. The molecule has 3 unspecified atom stereocenters. The van der Waals surface area contributed by atoms with Gasteiger partial charge in [-0.05, 0) is 51.4 Å². The monoisotopic (exact) mass is 510 g/mol. The first kappa shape index (κ1) is 39.9. The Bertz CT molecular complexity index is 663. The zero-order chi connectivity index (χ0) is 29.1. The van der Waals surface area contributed by atoms with Gasteiger partial charge in [0.1, 0.15) is 0 Å². The van der Waals surface area contributed by atoms with Gasteiger partial charge in [-0.1, -0.05) is 41.5 Å². The van der Waals surface area contributed by atoms with Crippen LogP contribution in [0.5, 0.6) is 0 Å². The summed E-state index contributed by atoms with van der Waals surface area (Å²) in [5.41, 5.74) is 0. The van der Waals surface area contributed by atoms with Crippen LogP contribution in [0.2, 0.25) is 0 Å². The van der Waals surface area contributed by atoms with Gasteiger partial charge >= 0.3 is 24.2 Å². The van der Waals surface area contributed by atoms with Crippen molar-refractivity contribution in [2.75, 3.05) is 13.2 Å². The minimum Gasteiger partial charge on any atom is -0.466 e. The van der Waals surface area contributed by atoms with Crippen molar-refractivity contribution in [1.29, 1.82) is 10.5 Å². The summed E-state index contributed by atoms with van der Waals surface area (Å²) >= 11 is 0. The minimum atomic E-state index is -0.266. The lowest BCUT2D eigenvalue weighted by molar-refractivity contribution is -0.193. The van der Waals surface area contributed by atoms with Crippen molar-refractivity contribution in [3.63, 3.8) is 0 Å². The van der Waals surface area contributed by atoms with E-state index >= 15 is 0 Å². The van der Waals surface area contributed by atoms with Crippen LogP contribution in [0.1, 0.15) is 81.1 Å². The molecule has 0 saturated carbocycles. The van der Waals surface area contributed by atoms with E-state index in [4.69, 9.17) is 39.2 Å². The molecule has 204 valence electrons. The Labute approximate surface area is 215 Å². The first-order chi connectivity index (χ1) is 17.0. The van der Waals surface area contributed by atoms with E-state index in [0.29, 0.717) is 37.9 Å². The first-order valence-electron chi connectivity index (χ1n) is 12.1. The van der Waals surface area contributed by atoms with Gasteiger partial charge in [-0.2, -0.15) is 29.7 Å². The van der Waals surface area contributed by atoms with Crippen molar-refractivity contribution in [3.8, 4) is 12.1 Å². The third-order valence-corrected chi connectivity index (χ3v) is 4.81. The Hall–Kier alpha value is -3.32. The maximum Gasteiger partial charge on any atom is 0.373 e. The average Bonchev–Trinajstić information content (AvgIpc) is 2.80. The summed E-state index contributed by atoms with van der Waals surface area (Å²) in [5.74, 6) is -0.562. The van der Waals surface area contributed by atoms with Crippen LogP contribution in [0.25, 0.3) is 0 Å². The Kier molecular flexibility index (Phi) is 30.9. The lowest BCUT2D eigenvalue weighted by Gasteiger charge is -2.20. The van der Waals surface area contributed by atoms with Crippen molar-refractivity contribution in [2.45, 2.75) is 81.1 Å². The number of carbonyl (C=O) groups excluding carboxylic acids is 6. The molecule has 4 atom stereocenters. The van der Waals surface area contributed by atoms with E-state index in [1.54, 1.807) is 13.8 Å². The summed E-state index contributed by atoms with van der Waals surface area (Å²) < 4.78 is 9.94. The van der Waals surface area contributed by atoms with Crippen molar-refractivity contribution in [3.05, 3.63) is 0 Å². The molecular weight excluding hydrogens is 468 g/mol. The molecule has 0 aromatic carbocycles. The smallest absolute Gasteiger partial charge is 0.373 e. The molecule has 0 spiro atoms. The lowest BCUT2D eigenvalue weighted by Crippen LogP contribution is -2.25. The molecule has 0 bridgehead atoms. The highest BCUT2D eigenvalue weighted by Crippen LogP contribution is 2.25. The molecule has 0 N–H and O–H groups in total. The number of rotatable bonds is 12. The average molecular weight is 511 g/mol. The van der Waals surface area contributed by atoms with Crippen LogP contribution in [-0.2, 0) is 38.2 Å². The third-order valence-electron chi connectivity index (χ3n) is 4.81. The Balaban J connectivity index is -0.000000233. The van der Waals surface area contributed by atoms with Gasteiger partial charge in [0.2, 0.25) is 0 Å². The Morgan fingerprint density at radius 1 is 0.639 bits per heavy atom. The number of esters is 2. The number of hydrogen-bond acceptors (Lipinski definition) is 10. The fourth-order valence-electron chi connectivity index (χ4n) is 3.36. The number of carbonyl (C=O) groups is 2. The highest BCUT2D eigenvalue weighted by molar-refractivity contribution is 5.73. The van der Waals surface area contributed by atoms with Crippen molar-refractivity contribution in [1.82, 2.24) is 0 Å². The molecule has 0 rings (SSSR count). The maximum atomic E-state index is 11.6. The second kappa shape index (κ2) is 27.9. The molecule has 0 fully saturated rings. The molecule has 0 aromatic heterocycles. The van der Waals surface area contributed by atoms with Gasteiger partial charge in [0.05, 0.1) is 49.0 Å². The summed E-state index contributed by atoms with van der Waals surface area (Å²) in [7, 11) is 0. The van der Waals surface area contributed by atoms with E-state index in [1.807, 2.05) is 13.8 Å². The van der Waals surface area contributed by atoms with Gasteiger partial charge in [-0.25, -0.2) is 0 Å². The van der Waals surface area contributed by atoms with E-state index in [9.17, 15) is 9.59 Å². The summed E-state index contributed by atoms with van der Waals surface area (Å²) in [6.07, 6.45) is 3.36. The summed E-state index contributed by atoms with van der Waals surface area (Å²) in [6.45, 7) is 16.4. The zero-order valence-corrected chi connectivity index (χ0v) is 22.9. The minimum absolute atomic E-state index is 0.214.